The Hall–Kier alpha value is -4.39. The summed E-state index contributed by atoms with van der Waals surface area (Å²) in [5, 5.41) is 22.0. The molecule has 7 nitrogen and oxygen atoms in total. The van der Waals surface area contributed by atoms with Crippen molar-refractivity contribution in [2.45, 2.75) is 27.7 Å². The van der Waals surface area contributed by atoms with E-state index in [9.17, 15) is 24.6 Å². The summed E-state index contributed by atoms with van der Waals surface area (Å²) in [6, 6.07) is 8.26. The number of methoxy groups -OCH3 is 1. The fourth-order valence-electron chi connectivity index (χ4n) is 5.06. The van der Waals surface area contributed by atoms with Crippen molar-refractivity contribution in [2.24, 2.45) is 0 Å². The smallest absolute Gasteiger partial charge is 0.293 e. The second-order valence-corrected chi connectivity index (χ2v) is 8.90. The van der Waals surface area contributed by atoms with Crippen LogP contribution in [0, 0.1) is 20.8 Å². The lowest BCUT2D eigenvalue weighted by Crippen LogP contribution is -2.25. The highest BCUT2D eigenvalue weighted by Gasteiger charge is 2.35. The Morgan fingerprint density at radius 3 is 2.17 bits per heavy atom. The van der Waals surface area contributed by atoms with Crippen LogP contribution in [-0.2, 0) is 0 Å². The van der Waals surface area contributed by atoms with E-state index in [4.69, 9.17) is 9.15 Å². The number of carbonyl (C=O) groups excluding carboxylic acids is 2. The van der Waals surface area contributed by atoms with E-state index >= 15 is 0 Å². The number of hydrogen-bond acceptors (Lipinski definition) is 7. The van der Waals surface area contributed by atoms with Crippen molar-refractivity contribution in [3.05, 3.63) is 79.7 Å². The number of phenols is 1. The van der Waals surface area contributed by atoms with Crippen molar-refractivity contribution in [2.75, 3.05) is 7.11 Å². The number of allylic oxidation sites excluding steroid dienone is 2. The molecule has 0 aliphatic heterocycles. The molecular weight excluding hydrogens is 448 g/mol. The van der Waals surface area contributed by atoms with Gasteiger partial charge in [0.1, 0.15) is 22.6 Å². The first-order valence-corrected chi connectivity index (χ1v) is 11.0. The molecule has 0 unspecified atom stereocenters. The summed E-state index contributed by atoms with van der Waals surface area (Å²) >= 11 is 0. The molecule has 0 saturated heterocycles. The first-order chi connectivity index (χ1) is 16.5. The Bertz CT molecular complexity index is 1740. The SMILES string of the molecule is COc1cc2cc3cc(C)oc(O)c3c(O)c2c(=O)c1C1=C(C)C(=O)c2cc(C)cc(C)c2C1=O. The van der Waals surface area contributed by atoms with Gasteiger partial charge in [0.15, 0.2) is 11.6 Å². The van der Waals surface area contributed by atoms with Crippen molar-refractivity contribution < 1.29 is 29.0 Å². The molecule has 1 heterocycles. The van der Waals surface area contributed by atoms with Crippen molar-refractivity contribution in [1.82, 2.24) is 0 Å². The Balaban J connectivity index is 1.90. The first-order valence-electron chi connectivity index (χ1n) is 11.0. The summed E-state index contributed by atoms with van der Waals surface area (Å²) in [7, 11) is 1.37. The number of ketones is 2. The molecule has 0 bridgehead atoms. The van der Waals surface area contributed by atoms with E-state index in [-0.39, 0.29) is 44.6 Å². The maximum absolute atomic E-state index is 13.8. The standard InChI is InChI=1S/C28H22O7/c1-11-6-12(2)19-17(7-11)24(29)14(4)20(25(19)30)23-18(34-5)10-16-9-15-8-13(3)35-28(33)22(15)26(31)21(16)27(23)32/h6-10,31,33H,1-5H3. The van der Waals surface area contributed by atoms with Crippen LogP contribution in [0.1, 0.15) is 50.1 Å². The van der Waals surface area contributed by atoms with E-state index in [1.165, 1.54) is 20.1 Å². The minimum Gasteiger partial charge on any atom is -0.506 e. The van der Waals surface area contributed by atoms with Gasteiger partial charge in [0.05, 0.1) is 18.1 Å². The number of hydrogen-bond donors (Lipinski definition) is 2. The van der Waals surface area contributed by atoms with Crippen LogP contribution < -0.4 is 10.2 Å². The zero-order valence-electron chi connectivity index (χ0n) is 19.8. The van der Waals surface area contributed by atoms with Crippen LogP contribution in [-0.4, -0.2) is 28.9 Å². The zero-order valence-corrected chi connectivity index (χ0v) is 19.8. The maximum Gasteiger partial charge on any atom is 0.293 e. The van der Waals surface area contributed by atoms with E-state index in [0.29, 0.717) is 27.7 Å². The van der Waals surface area contributed by atoms with E-state index in [1.807, 2.05) is 13.0 Å². The molecule has 0 atom stereocenters. The third-order valence-electron chi connectivity index (χ3n) is 6.54. The van der Waals surface area contributed by atoms with Gasteiger partial charge < -0.3 is 19.4 Å². The van der Waals surface area contributed by atoms with Crippen molar-refractivity contribution in [1.29, 1.82) is 0 Å². The minimum atomic E-state index is -0.692. The predicted octanol–water partition coefficient (Wildman–Crippen LogP) is 5.14. The summed E-state index contributed by atoms with van der Waals surface area (Å²) in [6.07, 6.45) is 0. The Morgan fingerprint density at radius 1 is 0.800 bits per heavy atom. The van der Waals surface area contributed by atoms with Crippen LogP contribution in [0.25, 0.3) is 27.1 Å². The number of ether oxygens (including phenoxy) is 1. The summed E-state index contributed by atoms with van der Waals surface area (Å²) in [4.78, 5) is 40.9. The molecule has 5 rings (SSSR count). The van der Waals surface area contributed by atoms with E-state index < -0.39 is 22.9 Å². The number of aromatic hydroxyl groups is 2. The molecule has 2 N–H and O–H groups in total. The van der Waals surface area contributed by atoms with Gasteiger partial charge >= 0.3 is 0 Å². The minimum absolute atomic E-state index is 0.0234. The topological polar surface area (TPSA) is 114 Å². The number of phenolic OH excluding ortho intramolecular Hbond substituents is 1. The largest absolute Gasteiger partial charge is 0.506 e. The fraction of sp³-hybridized carbons (Fsp3) is 0.179. The van der Waals surface area contributed by atoms with Gasteiger partial charge in [-0.2, -0.15) is 0 Å². The number of fused-ring (bicyclic) bond motifs is 3. The monoisotopic (exact) mass is 470 g/mol. The van der Waals surface area contributed by atoms with Gasteiger partial charge in [-0.15, -0.1) is 0 Å². The van der Waals surface area contributed by atoms with E-state index in [1.54, 1.807) is 32.0 Å². The zero-order chi connectivity index (χ0) is 25.3. The van der Waals surface area contributed by atoms with Gasteiger partial charge in [0.25, 0.3) is 5.95 Å². The Morgan fingerprint density at radius 2 is 1.49 bits per heavy atom. The Kier molecular flexibility index (Phi) is 4.84. The molecule has 3 aromatic carbocycles. The first kappa shape index (κ1) is 22.4. The molecular formula is C28H22O7. The Labute approximate surface area is 199 Å². The fourth-order valence-corrected chi connectivity index (χ4v) is 5.06. The third kappa shape index (κ3) is 3.08. The molecule has 176 valence electrons. The van der Waals surface area contributed by atoms with Crippen LogP contribution >= 0.6 is 0 Å². The van der Waals surface area contributed by atoms with Gasteiger partial charge in [-0.05, 0) is 68.3 Å². The van der Waals surface area contributed by atoms with Gasteiger partial charge in [-0.3, -0.25) is 14.4 Å². The second kappa shape index (κ2) is 7.56. The summed E-state index contributed by atoms with van der Waals surface area (Å²) in [5.41, 5.74) is 1.29. The average molecular weight is 470 g/mol. The predicted molar refractivity (Wildman–Crippen MR) is 132 cm³/mol. The summed E-state index contributed by atoms with van der Waals surface area (Å²) in [6.45, 7) is 6.74. The lowest BCUT2D eigenvalue weighted by Gasteiger charge is -2.22. The lowest BCUT2D eigenvalue weighted by atomic mass is 9.78. The molecule has 4 aromatic rings. The second-order valence-electron chi connectivity index (χ2n) is 8.90. The van der Waals surface area contributed by atoms with Crippen LogP contribution in [0.4, 0.5) is 0 Å². The number of aryl methyl sites for hydroxylation is 3. The van der Waals surface area contributed by atoms with Gasteiger partial charge in [-0.25, -0.2) is 0 Å². The van der Waals surface area contributed by atoms with Crippen molar-refractivity contribution in [3.8, 4) is 17.4 Å². The maximum atomic E-state index is 13.8. The van der Waals surface area contributed by atoms with E-state index in [0.717, 1.165) is 5.56 Å². The number of carbonyl (C=O) groups is 2. The van der Waals surface area contributed by atoms with Gasteiger partial charge in [-0.1, -0.05) is 11.6 Å². The molecule has 1 aliphatic rings. The normalized spacial score (nSPS) is 13.6. The molecule has 1 aromatic heterocycles. The summed E-state index contributed by atoms with van der Waals surface area (Å²) < 4.78 is 10.7. The van der Waals surface area contributed by atoms with Crippen LogP contribution in [0.3, 0.4) is 0 Å². The van der Waals surface area contributed by atoms with Crippen molar-refractivity contribution >= 4 is 38.7 Å². The third-order valence-corrected chi connectivity index (χ3v) is 6.54. The van der Waals surface area contributed by atoms with Crippen LogP contribution in [0.5, 0.6) is 17.4 Å². The molecule has 0 amide bonds. The lowest BCUT2D eigenvalue weighted by molar-refractivity contribution is 0.0991. The van der Waals surface area contributed by atoms with Gasteiger partial charge in [0.2, 0.25) is 5.43 Å². The van der Waals surface area contributed by atoms with E-state index in [2.05, 4.69) is 0 Å². The van der Waals surface area contributed by atoms with Gasteiger partial charge in [0, 0.05) is 22.3 Å². The number of Topliss-reactive ketones (excluding diaryl/α,β-unsaturated/α-hetero) is 2. The molecule has 0 fully saturated rings. The van der Waals surface area contributed by atoms with Crippen molar-refractivity contribution in [3.63, 3.8) is 0 Å². The molecule has 7 heteroatoms. The van der Waals surface area contributed by atoms with Crippen LogP contribution in [0.2, 0.25) is 0 Å². The molecule has 1 aliphatic carbocycles. The molecule has 35 heavy (non-hydrogen) atoms. The number of benzene rings is 3. The molecule has 0 spiro atoms. The highest BCUT2D eigenvalue weighted by molar-refractivity contribution is 6.41. The molecule has 0 radical (unpaired) electrons. The van der Waals surface area contributed by atoms with Crippen LogP contribution in [0.15, 0.2) is 45.1 Å². The quantitative estimate of drug-likeness (QED) is 0.390. The molecule has 0 saturated carbocycles. The highest BCUT2D eigenvalue weighted by Crippen LogP contribution is 2.42. The highest BCUT2D eigenvalue weighted by atomic mass is 16.5. The number of rotatable bonds is 2. The average Bonchev–Trinajstić information content (AvgIpc) is 2.77. The summed E-state index contributed by atoms with van der Waals surface area (Å²) in [5.74, 6) is -1.30.